The lowest BCUT2D eigenvalue weighted by Crippen LogP contribution is -2.48. The molecule has 0 saturated carbocycles. The van der Waals surface area contributed by atoms with Crippen molar-refractivity contribution in [1.82, 2.24) is 15.1 Å². The molecule has 5 rings (SSSR count). The molecule has 0 bridgehead atoms. The van der Waals surface area contributed by atoms with E-state index >= 15 is 8.78 Å². The van der Waals surface area contributed by atoms with Gasteiger partial charge in [0.15, 0.2) is 12.4 Å². The first-order valence-corrected chi connectivity index (χ1v) is 17.7. The van der Waals surface area contributed by atoms with E-state index in [0.717, 1.165) is 19.2 Å². The van der Waals surface area contributed by atoms with Crippen molar-refractivity contribution in [2.45, 2.75) is 57.0 Å². The average molecular weight is 792 g/mol. The Hall–Kier alpha value is -3.79. The van der Waals surface area contributed by atoms with E-state index in [-0.39, 0.29) is 57.2 Å². The van der Waals surface area contributed by atoms with Gasteiger partial charge in [-0.25, -0.2) is 13.6 Å². The highest BCUT2D eigenvalue weighted by Gasteiger charge is 2.61. The van der Waals surface area contributed by atoms with Crippen LogP contribution in [0.3, 0.4) is 0 Å². The molecule has 0 unspecified atom stereocenters. The number of rotatable bonds is 10. The molecule has 2 fully saturated rings. The van der Waals surface area contributed by atoms with Gasteiger partial charge in [0.2, 0.25) is 0 Å². The van der Waals surface area contributed by atoms with Crippen LogP contribution in [-0.2, 0) is 26.2 Å². The molecule has 3 aromatic carbocycles. The third-order valence-corrected chi connectivity index (χ3v) is 10.4. The van der Waals surface area contributed by atoms with Crippen LogP contribution in [0, 0.1) is 28.4 Å². The van der Waals surface area contributed by atoms with Crippen molar-refractivity contribution in [3.8, 4) is 11.8 Å². The van der Waals surface area contributed by atoms with Gasteiger partial charge in [0, 0.05) is 60.7 Å². The Morgan fingerprint density at radius 1 is 1.04 bits per heavy atom. The molecular formula is C39H43Cl3F2N4O5. The largest absolute Gasteiger partial charge is 0.496 e. The van der Waals surface area contributed by atoms with Gasteiger partial charge in [-0.05, 0) is 54.8 Å². The average Bonchev–Trinajstić information content (AvgIpc) is 3.41. The number of esters is 1. The fourth-order valence-corrected chi connectivity index (χ4v) is 7.62. The molecule has 1 amide bonds. The predicted octanol–water partition coefficient (Wildman–Crippen LogP) is 6.77. The number of carbonyl (C=O) groups excluding carboxylic acids is 3. The van der Waals surface area contributed by atoms with Crippen LogP contribution < -0.4 is 10.1 Å². The van der Waals surface area contributed by atoms with Gasteiger partial charge in [0.25, 0.3) is 5.91 Å². The number of nitrogens with zero attached hydrogens (tertiary/aromatic N) is 3. The summed E-state index contributed by atoms with van der Waals surface area (Å²) in [7, 11) is 3.36. The molecule has 0 spiro atoms. The molecule has 2 aliphatic heterocycles. The molecule has 3 aromatic rings. The van der Waals surface area contributed by atoms with Crippen LogP contribution in [0.1, 0.15) is 60.2 Å². The smallest absolute Gasteiger partial charge is 0.338 e. The summed E-state index contributed by atoms with van der Waals surface area (Å²) in [4.78, 5) is 43.8. The number of benzene rings is 3. The van der Waals surface area contributed by atoms with Crippen molar-refractivity contribution in [3.05, 3.63) is 98.5 Å². The summed E-state index contributed by atoms with van der Waals surface area (Å²) < 4.78 is 42.9. The van der Waals surface area contributed by atoms with Crippen molar-refractivity contribution < 1.29 is 32.6 Å². The molecule has 9 nitrogen and oxygen atoms in total. The van der Waals surface area contributed by atoms with E-state index in [9.17, 15) is 19.6 Å². The van der Waals surface area contributed by atoms with Gasteiger partial charge in [-0.15, -0.1) is 12.4 Å². The first-order valence-electron chi connectivity index (χ1n) is 17.0. The van der Waals surface area contributed by atoms with Crippen LogP contribution in [0.2, 0.25) is 10.0 Å². The number of carbonyl (C=O) groups is 3. The Labute approximate surface area is 324 Å². The van der Waals surface area contributed by atoms with E-state index in [2.05, 4.69) is 16.3 Å². The van der Waals surface area contributed by atoms with Crippen molar-refractivity contribution in [3.63, 3.8) is 0 Å². The SMILES string of the molecule is COc1cc(C(=O)OCC(=O)N2CCN(C)CC2)ccc1CC(=O)[C@@H]1N[C@@H](CC(C)(C)C)[C@](C#N)(c2ccc(Cl)cc2F)[C@H]1c1cccc(Cl)c1F.Cl. The Balaban J connectivity index is 0.00000627. The van der Waals surface area contributed by atoms with E-state index in [1.54, 1.807) is 11.0 Å². The summed E-state index contributed by atoms with van der Waals surface area (Å²) in [6, 6.07) is 13.1. The zero-order valence-corrected chi connectivity index (χ0v) is 32.5. The number of hydrogen-bond acceptors (Lipinski definition) is 8. The molecule has 284 valence electrons. The third kappa shape index (κ3) is 8.96. The van der Waals surface area contributed by atoms with Crippen LogP contribution >= 0.6 is 35.6 Å². The van der Waals surface area contributed by atoms with Crippen LogP contribution in [0.25, 0.3) is 0 Å². The molecule has 4 atom stereocenters. The highest BCUT2D eigenvalue weighted by Crippen LogP contribution is 2.53. The molecule has 0 radical (unpaired) electrons. The zero-order chi connectivity index (χ0) is 38.0. The normalized spacial score (nSPS) is 21.7. The Bertz CT molecular complexity index is 1890. The third-order valence-electron chi connectivity index (χ3n) is 9.87. The van der Waals surface area contributed by atoms with Gasteiger partial charge in [0.05, 0.1) is 29.8 Å². The van der Waals surface area contributed by atoms with Gasteiger partial charge < -0.3 is 24.6 Å². The maximum atomic E-state index is 16.0. The maximum Gasteiger partial charge on any atom is 0.338 e. The van der Waals surface area contributed by atoms with Crippen LogP contribution in [-0.4, -0.2) is 86.5 Å². The molecule has 0 aromatic heterocycles. The van der Waals surface area contributed by atoms with Gasteiger partial charge in [-0.1, -0.05) is 68.2 Å². The molecule has 2 aliphatic rings. The number of Topliss-reactive ketones (excluding diaryl/α,β-unsaturated/α-hetero) is 1. The number of likely N-dealkylation sites (N-methyl/N-ethyl adjacent to an activating group) is 1. The van der Waals surface area contributed by atoms with E-state index < -0.39 is 58.8 Å². The van der Waals surface area contributed by atoms with Crippen molar-refractivity contribution in [2.24, 2.45) is 5.41 Å². The minimum Gasteiger partial charge on any atom is -0.496 e. The van der Waals surface area contributed by atoms with Gasteiger partial charge in [0.1, 0.15) is 22.8 Å². The second-order valence-electron chi connectivity index (χ2n) is 14.6. The number of piperazine rings is 1. The van der Waals surface area contributed by atoms with Crippen LogP contribution in [0.5, 0.6) is 5.75 Å². The number of nitriles is 1. The van der Waals surface area contributed by atoms with E-state index in [1.165, 1.54) is 49.6 Å². The fourth-order valence-electron chi connectivity index (χ4n) is 7.28. The number of ketones is 1. The Morgan fingerprint density at radius 3 is 2.36 bits per heavy atom. The number of nitrogens with one attached hydrogen (secondary N) is 1. The predicted molar refractivity (Wildman–Crippen MR) is 201 cm³/mol. The molecule has 1 N–H and O–H groups in total. The Morgan fingerprint density at radius 2 is 1.74 bits per heavy atom. The molecule has 2 heterocycles. The molecule has 2 saturated heterocycles. The second-order valence-corrected chi connectivity index (χ2v) is 15.5. The molecule has 14 heteroatoms. The summed E-state index contributed by atoms with van der Waals surface area (Å²) in [6.07, 6.45) is 0.0755. The monoisotopic (exact) mass is 790 g/mol. The number of hydrogen-bond donors (Lipinski definition) is 1. The highest BCUT2D eigenvalue weighted by atomic mass is 35.5. The summed E-state index contributed by atoms with van der Waals surface area (Å²) in [5.41, 5.74) is -1.68. The van der Waals surface area contributed by atoms with Crippen LogP contribution in [0.4, 0.5) is 8.78 Å². The van der Waals surface area contributed by atoms with E-state index in [0.29, 0.717) is 25.1 Å². The fraction of sp³-hybridized carbons (Fsp3) is 0.436. The summed E-state index contributed by atoms with van der Waals surface area (Å²) >= 11 is 12.4. The highest BCUT2D eigenvalue weighted by molar-refractivity contribution is 6.31. The quantitative estimate of drug-likeness (QED) is 0.224. The van der Waals surface area contributed by atoms with E-state index in [1.807, 2.05) is 27.8 Å². The Kier molecular flexibility index (Phi) is 13.6. The standard InChI is InChI=1S/C39H42Cl2F2N4O5.ClH/c1-38(2,3)20-32-39(22-44,27-12-11-25(40)19-29(27)42)34(26-7-6-8-28(41)35(26)43)36(45-32)30(48)17-23-9-10-24(18-31(23)51-5)37(50)52-21-33(49)47-15-13-46(4)14-16-47;/h6-12,18-19,32,34,36,45H,13-17,20-21H2,1-5H3;1H/t32-,34-,36-,39-;/m0./s1. The second kappa shape index (κ2) is 17.1. The first kappa shape index (κ1) is 42.0. The lowest BCUT2D eigenvalue weighted by atomic mass is 9.62. The lowest BCUT2D eigenvalue weighted by molar-refractivity contribution is -0.136. The zero-order valence-electron chi connectivity index (χ0n) is 30.2. The minimum absolute atomic E-state index is 0. The minimum atomic E-state index is -1.77. The first-order chi connectivity index (χ1) is 24.6. The maximum absolute atomic E-state index is 16.0. The van der Waals surface area contributed by atoms with Crippen LogP contribution in [0.15, 0.2) is 54.6 Å². The summed E-state index contributed by atoms with van der Waals surface area (Å²) in [5, 5.41) is 14.3. The number of methoxy groups -OCH3 is 1. The van der Waals surface area contributed by atoms with Crippen molar-refractivity contribution >= 4 is 53.3 Å². The van der Waals surface area contributed by atoms with Gasteiger partial charge >= 0.3 is 5.97 Å². The summed E-state index contributed by atoms with van der Waals surface area (Å²) in [6.45, 7) is 8.02. The molecule has 0 aliphatic carbocycles. The lowest BCUT2D eigenvalue weighted by Gasteiger charge is -2.37. The number of amides is 1. The number of halogens is 5. The van der Waals surface area contributed by atoms with Crippen molar-refractivity contribution in [2.75, 3.05) is 46.9 Å². The topological polar surface area (TPSA) is 112 Å². The molecular weight excluding hydrogens is 749 g/mol. The van der Waals surface area contributed by atoms with E-state index in [4.69, 9.17) is 32.7 Å². The summed E-state index contributed by atoms with van der Waals surface area (Å²) in [5.74, 6) is -4.04. The molecule has 53 heavy (non-hydrogen) atoms. The van der Waals surface area contributed by atoms with Gasteiger partial charge in [-0.2, -0.15) is 5.26 Å². The number of ether oxygens (including phenoxy) is 2. The van der Waals surface area contributed by atoms with Crippen molar-refractivity contribution in [1.29, 1.82) is 5.26 Å². The van der Waals surface area contributed by atoms with Gasteiger partial charge in [-0.3, -0.25) is 9.59 Å².